The van der Waals surface area contributed by atoms with E-state index in [4.69, 9.17) is 15.0 Å². The molecule has 0 fully saturated rings. The minimum atomic E-state index is -0.440. The summed E-state index contributed by atoms with van der Waals surface area (Å²) in [6.45, 7) is 0. The Morgan fingerprint density at radius 1 is 0.365 bits per heavy atom. The van der Waals surface area contributed by atoms with Gasteiger partial charge in [0.1, 0.15) is 0 Å². The van der Waals surface area contributed by atoms with Crippen molar-refractivity contribution >= 4 is 53.3 Å². The number of benzene rings is 9. The van der Waals surface area contributed by atoms with Crippen molar-refractivity contribution in [2.45, 2.75) is 5.41 Å². The van der Waals surface area contributed by atoms with Crippen molar-refractivity contribution in [2.24, 2.45) is 0 Å². The van der Waals surface area contributed by atoms with E-state index in [1.54, 1.807) is 0 Å². The molecule has 0 bridgehead atoms. The molecule has 292 valence electrons. The van der Waals surface area contributed by atoms with Crippen LogP contribution in [-0.4, -0.2) is 19.5 Å². The molecule has 1 spiro atoms. The highest BCUT2D eigenvalue weighted by molar-refractivity contribution is 7.26. The number of rotatable bonds is 4. The normalized spacial score (nSPS) is 13.2. The van der Waals surface area contributed by atoms with Crippen LogP contribution >= 0.6 is 11.3 Å². The highest BCUT2D eigenvalue weighted by Gasteiger charge is 2.52. The van der Waals surface area contributed by atoms with Gasteiger partial charge in [0, 0.05) is 42.1 Å². The van der Waals surface area contributed by atoms with Gasteiger partial charge >= 0.3 is 0 Å². The first-order valence-electron chi connectivity index (χ1n) is 21.4. The molecule has 0 saturated heterocycles. The first-order valence-corrected chi connectivity index (χ1v) is 22.3. The zero-order chi connectivity index (χ0) is 41.2. The maximum atomic E-state index is 5.41. The standard InChI is InChI=1S/C58H34N4S/c1-3-16-35(17-4-1)38-24-15-29-50-52(38)43-31-30-37(34-51(43)63-50)56-59-55(36-18-5-2-6-19-36)60-57(61-56)62-48-28-14-10-23-42(48)54-49(62)33-32-47-53(54)41-22-9-13-27-46(41)58(47)44-25-11-7-20-39(44)40-21-8-12-26-45(40)58/h1-34H. The van der Waals surface area contributed by atoms with Crippen LogP contribution in [0.15, 0.2) is 206 Å². The Morgan fingerprint density at radius 2 is 0.968 bits per heavy atom. The van der Waals surface area contributed by atoms with E-state index in [9.17, 15) is 0 Å². The first kappa shape index (κ1) is 34.7. The minimum absolute atomic E-state index is 0.440. The van der Waals surface area contributed by atoms with Gasteiger partial charge in [-0.25, -0.2) is 4.98 Å². The molecular weight excluding hydrogens is 785 g/mol. The number of para-hydroxylation sites is 1. The third-order valence-corrected chi connectivity index (χ3v) is 14.6. The van der Waals surface area contributed by atoms with Crippen LogP contribution in [0.1, 0.15) is 22.3 Å². The molecule has 0 unspecified atom stereocenters. The monoisotopic (exact) mass is 818 g/mol. The molecule has 0 radical (unpaired) electrons. The molecule has 0 saturated carbocycles. The smallest absolute Gasteiger partial charge is 0.238 e. The van der Waals surface area contributed by atoms with Gasteiger partial charge in [-0.2, -0.15) is 9.97 Å². The van der Waals surface area contributed by atoms with Gasteiger partial charge in [0.15, 0.2) is 11.6 Å². The third kappa shape index (κ3) is 4.72. The van der Waals surface area contributed by atoms with Crippen molar-refractivity contribution < 1.29 is 0 Å². The lowest BCUT2D eigenvalue weighted by Crippen LogP contribution is -2.25. The summed E-state index contributed by atoms with van der Waals surface area (Å²) in [7, 11) is 0. The number of fused-ring (bicyclic) bond motifs is 17. The van der Waals surface area contributed by atoms with Gasteiger partial charge in [0.2, 0.25) is 5.95 Å². The molecule has 4 nitrogen and oxygen atoms in total. The second-order valence-corrected chi connectivity index (χ2v) is 17.7. The van der Waals surface area contributed by atoms with E-state index in [1.165, 1.54) is 86.6 Å². The Balaban J connectivity index is 1.02. The van der Waals surface area contributed by atoms with Crippen molar-refractivity contribution in [3.8, 4) is 62.1 Å². The molecule has 12 aromatic rings. The van der Waals surface area contributed by atoms with Gasteiger partial charge in [-0.15, -0.1) is 11.3 Å². The maximum Gasteiger partial charge on any atom is 0.238 e. The summed E-state index contributed by atoms with van der Waals surface area (Å²) in [6, 6.07) is 74.7. The molecule has 0 N–H and O–H groups in total. The van der Waals surface area contributed by atoms with Crippen LogP contribution in [-0.2, 0) is 5.41 Å². The van der Waals surface area contributed by atoms with Gasteiger partial charge in [-0.3, -0.25) is 4.57 Å². The number of hydrogen-bond acceptors (Lipinski definition) is 4. The summed E-state index contributed by atoms with van der Waals surface area (Å²) >= 11 is 1.81. The van der Waals surface area contributed by atoms with Gasteiger partial charge in [-0.05, 0) is 79.9 Å². The fourth-order valence-corrected chi connectivity index (χ4v) is 12.2. The van der Waals surface area contributed by atoms with E-state index in [1.807, 2.05) is 29.5 Å². The first-order chi connectivity index (χ1) is 31.3. The summed E-state index contributed by atoms with van der Waals surface area (Å²) in [5, 5.41) is 4.89. The number of hydrogen-bond donors (Lipinski definition) is 0. The summed E-state index contributed by atoms with van der Waals surface area (Å²) in [5.41, 5.74) is 16.5. The molecule has 0 aliphatic heterocycles. The van der Waals surface area contributed by atoms with Crippen LogP contribution in [0.5, 0.6) is 0 Å². The quantitative estimate of drug-likeness (QED) is 0.178. The fourth-order valence-electron chi connectivity index (χ4n) is 11.0. The van der Waals surface area contributed by atoms with Crippen molar-refractivity contribution in [3.63, 3.8) is 0 Å². The Bertz CT molecular complexity index is 3820. The van der Waals surface area contributed by atoms with Gasteiger partial charge in [-0.1, -0.05) is 182 Å². The Kier molecular flexibility index (Phi) is 7.16. The predicted octanol–water partition coefficient (Wildman–Crippen LogP) is 14.7. The molecule has 2 aliphatic rings. The lowest BCUT2D eigenvalue weighted by atomic mass is 9.70. The van der Waals surface area contributed by atoms with Crippen LogP contribution in [0.4, 0.5) is 0 Å². The van der Waals surface area contributed by atoms with Crippen LogP contribution < -0.4 is 0 Å². The second kappa shape index (κ2) is 13.0. The van der Waals surface area contributed by atoms with Crippen molar-refractivity contribution in [1.82, 2.24) is 19.5 Å². The highest BCUT2D eigenvalue weighted by Crippen LogP contribution is 2.64. The fraction of sp³-hybridized carbons (Fsp3) is 0.0172. The molecule has 14 rings (SSSR count). The SMILES string of the molecule is c1ccc(-c2nc(-c3ccc4c(c3)sc3cccc(-c5ccccc5)c34)nc(-n3c4ccccc4c4c5c(ccc43)C3(c4ccccc4-c4ccccc43)c3ccccc3-5)n2)cc1. The van der Waals surface area contributed by atoms with Gasteiger partial charge in [0.25, 0.3) is 0 Å². The van der Waals surface area contributed by atoms with Gasteiger partial charge < -0.3 is 0 Å². The summed E-state index contributed by atoms with van der Waals surface area (Å²) in [5.74, 6) is 1.86. The van der Waals surface area contributed by atoms with Crippen LogP contribution in [0.25, 0.3) is 104 Å². The molecule has 0 atom stereocenters. The van der Waals surface area contributed by atoms with Crippen molar-refractivity contribution in [3.05, 3.63) is 229 Å². The lowest BCUT2D eigenvalue weighted by Gasteiger charge is -2.30. The summed E-state index contributed by atoms with van der Waals surface area (Å²) < 4.78 is 4.72. The lowest BCUT2D eigenvalue weighted by molar-refractivity contribution is 0.794. The van der Waals surface area contributed by atoms with E-state index >= 15 is 0 Å². The molecule has 3 heterocycles. The molecule has 5 heteroatoms. The summed E-state index contributed by atoms with van der Waals surface area (Å²) in [6.07, 6.45) is 0. The molecule has 2 aliphatic carbocycles. The Hall–Kier alpha value is -7.99. The van der Waals surface area contributed by atoms with Crippen LogP contribution in [0.3, 0.4) is 0 Å². The Morgan fingerprint density at radius 3 is 1.71 bits per heavy atom. The highest BCUT2D eigenvalue weighted by atomic mass is 32.1. The topological polar surface area (TPSA) is 43.6 Å². The van der Waals surface area contributed by atoms with Crippen molar-refractivity contribution in [2.75, 3.05) is 0 Å². The molecule has 0 amide bonds. The number of aromatic nitrogens is 4. The van der Waals surface area contributed by atoms with Crippen LogP contribution in [0.2, 0.25) is 0 Å². The zero-order valence-corrected chi connectivity index (χ0v) is 34.6. The van der Waals surface area contributed by atoms with E-state index in [-0.39, 0.29) is 0 Å². The van der Waals surface area contributed by atoms with E-state index < -0.39 is 5.41 Å². The largest absolute Gasteiger partial charge is 0.278 e. The molecule has 63 heavy (non-hydrogen) atoms. The molecular formula is C58H34N4S. The third-order valence-electron chi connectivity index (χ3n) is 13.5. The number of thiophene rings is 1. The van der Waals surface area contributed by atoms with E-state index in [0.717, 1.165) is 22.2 Å². The maximum absolute atomic E-state index is 5.41. The van der Waals surface area contributed by atoms with Gasteiger partial charge in [0.05, 0.1) is 16.4 Å². The minimum Gasteiger partial charge on any atom is -0.278 e. The average Bonchev–Trinajstić information content (AvgIpc) is 4.08. The summed E-state index contributed by atoms with van der Waals surface area (Å²) in [4.78, 5) is 16.0. The Labute approximate surface area is 367 Å². The average molecular weight is 819 g/mol. The van der Waals surface area contributed by atoms with E-state index in [2.05, 4.69) is 193 Å². The van der Waals surface area contributed by atoms with Crippen LogP contribution in [0, 0.1) is 0 Å². The molecule has 3 aromatic heterocycles. The van der Waals surface area contributed by atoms with Crippen molar-refractivity contribution in [1.29, 1.82) is 0 Å². The predicted molar refractivity (Wildman–Crippen MR) is 260 cm³/mol. The molecule has 9 aromatic carbocycles. The number of nitrogens with zero attached hydrogens (tertiary/aromatic N) is 4. The zero-order valence-electron chi connectivity index (χ0n) is 33.8. The second-order valence-electron chi connectivity index (χ2n) is 16.6. The van der Waals surface area contributed by atoms with E-state index in [0.29, 0.717) is 17.6 Å².